The first-order chi connectivity index (χ1) is 14.7. The van der Waals surface area contributed by atoms with Gasteiger partial charge in [-0.1, -0.05) is 0 Å². The zero-order valence-corrected chi connectivity index (χ0v) is 22.4. The number of aliphatic hydroxyl groups is 1. The van der Waals surface area contributed by atoms with E-state index in [0.717, 1.165) is 6.33 Å². The van der Waals surface area contributed by atoms with Gasteiger partial charge < -0.3 is 49.0 Å². The van der Waals surface area contributed by atoms with Crippen LogP contribution in [-0.4, -0.2) is 56.7 Å². The molecule has 1 saturated heterocycles. The van der Waals surface area contributed by atoms with E-state index in [1.807, 2.05) is 0 Å². The minimum atomic E-state index is -6.12. The summed E-state index contributed by atoms with van der Waals surface area (Å²) in [5.41, 5.74) is 6.08. The summed E-state index contributed by atoms with van der Waals surface area (Å²) in [6.45, 7) is -0.941. The minimum absolute atomic E-state index is 0. The number of aromatic nitrogens is 4. The number of anilines is 1. The van der Waals surface area contributed by atoms with Crippen LogP contribution in [-0.2, 0) is 36.3 Å². The van der Waals surface area contributed by atoms with Gasteiger partial charge in [0.05, 0.1) is 20.8 Å². The van der Waals surface area contributed by atoms with Crippen LogP contribution in [0.5, 0.6) is 0 Å². The van der Waals surface area contributed by atoms with Crippen LogP contribution in [0, 0.1) is 0 Å². The smallest absolute Gasteiger partial charge is 0.790 e. The fraction of sp³-hybridized carbons (Fsp3) is 0.545. The molecule has 2 aromatic rings. The van der Waals surface area contributed by atoms with E-state index >= 15 is 0 Å². The molecule has 6 unspecified atom stereocenters. The average molecular weight is 545 g/mol. The van der Waals surface area contributed by atoms with Crippen LogP contribution in [0.15, 0.2) is 12.7 Å². The van der Waals surface area contributed by atoms with Crippen molar-refractivity contribution in [3.63, 3.8) is 0 Å². The summed E-state index contributed by atoms with van der Waals surface area (Å²) >= 11 is 0. The SMILES string of the molecule is COC1C(COP(=O)([O-])OP(=O)([O-])OP(=O)([O-])[O-])OC(n2cnc3c(N)ncnc32)C1O.[Li+].[Li+].[Li+].[Li+]. The maximum absolute atomic E-state index is 11.7. The number of phosphoric ester groups is 1. The van der Waals surface area contributed by atoms with Gasteiger partial charge in [-0.25, -0.2) is 19.3 Å². The van der Waals surface area contributed by atoms with Crippen molar-refractivity contribution < 1.29 is 136 Å². The first-order valence-electron chi connectivity index (χ1n) is 8.24. The van der Waals surface area contributed by atoms with Gasteiger partial charge in [0.1, 0.15) is 30.2 Å². The van der Waals surface area contributed by atoms with Gasteiger partial charge >= 0.3 is 75.4 Å². The molecule has 2 aromatic heterocycles. The summed E-state index contributed by atoms with van der Waals surface area (Å²) < 4.78 is 56.1. The van der Waals surface area contributed by atoms with Gasteiger partial charge in [-0.3, -0.25) is 18.0 Å². The number of methoxy groups -OCH3 is 1. The molecule has 25 heteroatoms. The Morgan fingerprint density at radius 1 is 1.06 bits per heavy atom. The van der Waals surface area contributed by atoms with Crippen molar-refractivity contribution in [2.75, 3.05) is 19.5 Å². The number of rotatable bonds is 9. The number of nitrogen functional groups attached to an aromatic ring is 1. The standard InChI is InChI=1S/C11H18N5O13P3.4Li/c1-25-8-5(2-26-31(21,22)29-32(23,24)28-30(18,19)20)27-11(7(8)17)16-4-15-6-9(12)13-3-14-10(6)16;;;;/h3-5,7-8,11,17H,2H2,1H3,(H,21,22)(H,23,24)(H2,12,13,14)(H2,18,19,20);;;;/q;4*+1/p-4. The van der Waals surface area contributed by atoms with Crippen molar-refractivity contribution in [1.82, 2.24) is 19.5 Å². The summed E-state index contributed by atoms with van der Waals surface area (Å²) in [6.07, 6.45) is -2.73. The van der Waals surface area contributed by atoms with E-state index in [1.54, 1.807) is 0 Å². The molecule has 3 heterocycles. The number of imidazole rings is 1. The van der Waals surface area contributed by atoms with E-state index in [-0.39, 0.29) is 92.4 Å². The van der Waals surface area contributed by atoms with E-state index in [2.05, 4.69) is 28.1 Å². The van der Waals surface area contributed by atoms with Crippen molar-refractivity contribution in [3.8, 4) is 0 Å². The van der Waals surface area contributed by atoms with Gasteiger partial charge in [-0.15, -0.1) is 0 Å². The third kappa shape index (κ3) is 9.89. The van der Waals surface area contributed by atoms with Crippen molar-refractivity contribution >= 4 is 40.4 Å². The Labute approximate surface area is 251 Å². The molecule has 0 spiro atoms. The number of hydrogen-bond donors (Lipinski definition) is 2. The second kappa shape index (κ2) is 15.1. The molecule has 1 fully saturated rings. The van der Waals surface area contributed by atoms with Crippen LogP contribution >= 0.6 is 23.5 Å². The van der Waals surface area contributed by atoms with E-state index in [4.69, 9.17) is 15.2 Å². The van der Waals surface area contributed by atoms with Crippen LogP contribution in [0.1, 0.15) is 6.23 Å². The predicted molar refractivity (Wildman–Crippen MR) is 91.4 cm³/mol. The molecule has 3 N–H and O–H groups in total. The van der Waals surface area contributed by atoms with E-state index in [1.165, 1.54) is 18.0 Å². The Balaban J connectivity index is 0. The largest absolute Gasteiger partial charge is 1.00 e. The molecule has 180 valence electrons. The van der Waals surface area contributed by atoms with Crippen LogP contribution in [0.2, 0.25) is 0 Å². The molecule has 0 saturated carbocycles. The number of phosphoric acid groups is 3. The molecular weight excluding hydrogens is 531 g/mol. The van der Waals surface area contributed by atoms with Gasteiger partial charge in [0.15, 0.2) is 17.7 Å². The van der Waals surface area contributed by atoms with Gasteiger partial charge in [0, 0.05) is 7.11 Å². The molecule has 0 aromatic carbocycles. The monoisotopic (exact) mass is 545 g/mol. The van der Waals surface area contributed by atoms with Crippen molar-refractivity contribution in [1.29, 1.82) is 0 Å². The van der Waals surface area contributed by atoms with Crippen molar-refractivity contribution in [3.05, 3.63) is 12.7 Å². The topological polar surface area (TPSA) is 279 Å². The second-order valence-electron chi connectivity index (χ2n) is 6.14. The molecule has 0 radical (unpaired) electrons. The number of aliphatic hydroxyl groups excluding tert-OH is 1. The molecule has 3 rings (SSSR count). The molecular formula is C11H14Li4N5O13P3. The average Bonchev–Trinajstić information content (AvgIpc) is 3.18. The second-order valence-corrected chi connectivity index (χ2v) is 10.4. The number of nitrogens with zero attached hydrogens (tertiary/aromatic N) is 4. The Hall–Kier alpha value is 1.03. The van der Waals surface area contributed by atoms with E-state index in [0.29, 0.717) is 0 Å². The molecule has 36 heavy (non-hydrogen) atoms. The van der Waals surface area contributed by atoms with Crippen molar-refractivity contribution in [2.45, 2.75) is 24.5 Å². The van der Waals surface area contributed by atoms with Crippen LogP contribution in [0.3, 0.4) is 0 Å². The number of fused-ring (bicyclic) bond motifs is 1. The summed E-state index contributed by atoms with van der Waals surface area (Å²) in [6, 6.07) is 0. The quantitative estimate of drug-likeness (QED) is 0.218. The number of hydrogen-bond acceptors (Lipinski definition) is 17. The van der Waals surface area contributed by atoms with Crippen molar-refractivity contribution in [2.24, 2.45) is 0 Å². The van der Waals surface area contributed by atoms with Gasteiger partial charge in [-0.2, -0.15) is 0 Å². The van der Waals surface area contributed by atoms with Gasteiger partial charge in [0.2, 0.25) is 0 Å². The molecule has 0 amide bonds. The normalized spacial score (nSPS) is 24.8. The zero-order valence-electron chi connectivity index (χ0n) is 19.7. The van der Waals surface area contributed by atoms with Gasteiger partial charge in [-0.05, 0) is 0 Å². The predicted octanol–water partition coefficient (Wildman–Crippen LogP) is -15.5. The molecule has 0 bridgehead atoms. The first-order valence-corrected chi connectivity index (χ1v) is 12.6. The Morgan fingerprint density at radius 2 is 1.67 bits per heavy atom. The molecule has 1 aliphatic rings. The summed E-state index contributed by atoms with van der Waals surface area (Å²) in [7, 11) is -16.8. The number of nitrogens with two attached hydrogens (primary N) is 1. The summed E-state index contributed by atoms with van der Waals surface area (Å²) in [5, 5.41) is 10.5. The molecule has 1 aliphatic heterocycles. The fourth-order valence-electron chi connectivity index (χ4n) is 2.88. The zero-order chi connectivity index (χ0) is 23.9. The summed E-state index contributed by atoms with van der Waals surface area (Å²) in [5.74, 6) is 0.0545. The Morgan fingerprint density at radius 3 is 2.22 bits per heavy atom. The maximum Gasteiger partial charge on any atom is 1.00 e. The summed E-state index contributed by atoms with van der Waals surface area (Å²) in [4.78, 5) is 55.4. The van der Waals surface area contributed by atoms with E-state index in [9.17, 15) is 38.4 Å². The number of ether oxygens (including phenoxy) is 2. The fourth-order valence-corrected chi connectivity index (χ4v) is 5.74. The van der Waals surface area contributed by atoms with Gasteiger partial charge in [0.25, 0.3) is 15.6 Å². The third-order valence-corrected chi connectivity index (χ3v) is 7.71. The Kier molecular flexibility index (Phi) is 16.5. The minimum Gasteiger partial charge on any atom is -0.790 e. The maximum atomic E-state index is 11.7. The molecule has 0 aliphatic carbocycles. The Bertz CT molecular complexity index is 1140. The van der Waals surface area contributed by atoms with E-state index < -0.39 is 54.6 Å². The van der Waals surface area contributed by atoms with Crippen LogP contribution in [0.4, 0.5) is 5.82 Å². The molecule has 18 nitrogen and oxygen atoms in total. The first kappa shape index (κ1) is 39.2. The van der Waals surface area contributed by atoms with Crippen LogP contribution in [0.25, 0.3) is 11.2 Å². The third-order valence-electron chi connectivity index (χ3n) is 4.04. The molecule has 6 atom stereocenters. The van der Waals surface area contributed by atoms with Crippen LogP contribution < -0.4 is 101 Å².